The summed E-state index contributed by atoms with van der Waals surface area (Å²) < 4.78 is 46.9. The molecule has 42 heavy (non-hydrogen) atoms. The van der Waals surface area contributed by atoms with Gasteiger partial charge in [-0.2, -0.15) is 0 Å². The molecule has 0 spiro atoms. The van der Waals surface area contributed by atoms with Crippen molar-refractivity contribution in [1.82, 2.24) is 10.1 Å². The lowest BCUT2D eigenvalue weighted by Gasteiger charge is -2.20. The first-order chi connectivity index (χ1) is 20.4. The number of aromatic nitrogens is 2. The summed E-state index contributed by atoms with van der Waals surface area (Å²) >= 11 is 0. The van der Waals surface area contributed by atoms with E-state index >= 15 is 0 Å². The fourth-order valence-electron chi connectivity index (χ4n) is 4.85. The van der Waals surface area contributed by atoms with Gasteiger partial charge in [-0.3, -0.25) is 0 Å². The van der Waals surface area contributed by atoms with Crippen molar-refractivity contribution in [3.63, 3.8) is 0 Å². The van der Waals surface area contributed by atoms with E-state index < -0.39 is 10.0 Å². The van der Waals surface area contributed by atoms with Gasteiger partial charge in [-0.15, -0.1) is 0 Å². The summed E-state index contributed by atoms with van der Waals surface area (Å²) in [5.74, 6) is 0.562. The first kappa shape index (κ1) is 27.4. The molecular formula is C33H29N3O5S. The molecule has 0 saturated carbocycles. The van der Waals surface area contributed by atoms with Gasteiger partial charge in [-0.25, -0.2) is 18.1 Å². The lowest BCUT2D eigenvalue weighted by atomic mass is 9.97. The van der Waals surface area contributed by atoms with E-state index in [1.807, 2.05) is 42.5 Å². The molecule has 1 N–H and O–H groups in total. The topological polar surface area (TPSA) is 107 Å². The number of rotatable bonds is 9. The van der Waals surface area contributed by atoms with Gasteiger partial charge in [0.25, 0.3) is 10.0 Å². The average Bonchev–Trinajstić information content (AvgIpc) is 3.67. The molecule has 1 aliphatic rings. The Balaban J connectivity index is 1.31. The summed E-state index contributed by atoms with van der Waals surface area (Å²) in [4.78, 5) is 4.39. The minimum atomic E-state index is -4.01. The Labute approximate surface area is 244 Å². The van der Waals surface area contributed by atoms with Crippen molar-refractivity contribution >= 4 is 21.5 Å². The standard InChI is InChI=1S/C33H29N3O5S/c1-22-23(2)35-41-32(22)36-42(37,38)31-11-7-6-10-30(31)29-17-14-26(33-34-18-19-39-33)20-27(29)21-40-28-15-12-25(13-16-28)24-8-4-3-5-9-24/h3-15,17-20,28,36H,16,21H2,1-2H3. The maximum absolute atomic E-state index is 13.6. The largest absolute Gasteiger partial charge is 0.445 e. The number of ether oxygens (including phenoxy) is 1. The van der Waals surface area contributed by atoms with Gasteiger partial charge in [-0.05, 0) is 60.7 Å². The molecular weight excluding hydrogens is 550 g/mol. The molecule has 0 saturated heterocycles. The van der Waals surface area contributed by atoms with Gasteiger partial charge in [0.05, 0.1) is 29.5 Å². The van der Waals surface area contributed by atoms with Crippen molar-refractivity contribution in [1.29, 1.82) is 0 Å². The van der Waals surface area contributed by atoms with E-state index in [2.05, 4.69) is 45.2 Å². The first-order valence-corrected chi connectivity index (χ1v) is 15.0. The van der Waals surface area contributed by atoms with Crippen molar-refractivity contribution < 1.29 is 22.1 Å². The second-order valence-electron chi connectivity index (χ2n) is 10.0. The van der Waals surface area contributed by atoms with E-state index in [-0.39, 0.29) is 23.5 Å². The Bertz CT molecular complexity index is 1870. The molecule has 3 aromatic carbocycles. The first-order valence-electron chi connectivity index (χ1n) is 13.5. The zero-order chi connectivity index (χ0) is 29.1. The molecule has 2 aromatic heterocycles. The molecule has 6 rings (SSSR count). The van der Waals surface area contributed by atoms with E-state index in [9.17, 15) is 8.42 Å². The van der Waals surface area contributed by atoms with Crippen LogP contribution in [0, 0.1) is 13.8 Å². The maximum Gasteiger partial charge on any atom is 0.264 e. The molecule has 0 amide bonds. The smallest absolute Gasteiger partial charge is 0.264 e. The van der Waals surface area contributed by atoms with Crippen LogP contribution in [-0.4, -0.2) is 24.7 Å². The molecule has 0 fully saturated rings. The Morgan fingerprint density at radius 1 is 0.976 bits per heavy atom. The van der Waals surface area contributed by atoms with E-state index in [0.717, 1.165) is 34.2 Å². The Hall–Kier alpha value is -4.73. The number of allylic oxidation sites excluding steroid dienone is 2. The van der Waals surface area contributed by atoms with E-state index in [1.54, 1.807) is 38.2 Å². The van der Waals surface area contributed by atoms with Crippen LogP contribution in [0.4, 0.5) is 5.88 Å². The third kappa shape index (κ3) is 5.70. The second kappa shape index (κ2) is 11.6. The molecule has 212 valence electrons. The van der Waals surface area contributed by atoms with Crippen molar-refractivity contribution in [3.8, 4) is 22.6 Å². The van der Waals surface area contributed by atoms with Crippen LogP contribution in [0.2, 0.25) is 0 Å². The minimum Gasteiger partial charge on any atom is -0.445 e. The molecule has 0 aliphatic heterocycles. The van der Waals surface area contributed by atoms with Crippen LogP contribution in [0.25, 0.3) is 28.2 Å². The highest BCUT2D eigenvalue weighted by Gasteiger charge is 2.24. The predicted octanol–water partition coefficient (Wildman–Crippen LogP) is 7.34. The number of hydrogen-bond acceptors (Lipinski definition) is 7. The molecule has 5 aromatic rings. The average molecular weight is 580 g/mol. The van der Waals surface area contributed by atoms with Crippen LogP contribution < -0.4 is 4.72 Å². The molecule has 8 nitrogen and oxygen atoms in total. The Kier molecular flexibility index (Phi) is 7.60. The van der Waals surface area contributed by atoms with Gasteiger partial charge in [0, 0.05) is 16.7 Å². The summed E-state index contributed by atoms with van der Waals surface area (Å²) in [6.45, 7) is 3.76. The Morgan fingerprint density at radius 2 is 1.79 bits per heavy atom. The fraction of sp³-hybridized carbons (Fsp3) is 0.152. The van der Waals surface area contributed by atoms with Crippen molar-refractivity contribution in [2.75, 3.05) is 4.72 Å². The predicted molar refractivity (Wildman–Crippen MR) is 161 cm³/mol. The second-order valence-corrected chi connectivity index (χ2v) is 11.7. The van der Waals surface area contributed by atoms with Crippen LogP contribution >= 0.6 is 0 Å². The van der Waals surface area contributed by atoms with Gasteiger partial charge < -0.3 is 13.7 Å². The molecule has 1 aliphatic carbocycles. The summed E-state index contributed by atoms with van der Waals surface area (Å²) in [6.07, 6.45) is 10.0. The molecule has 1 unspecified atom stereocenters. The highest BCUT2D eigenvalue weighted by molar-refractivity contribution is 7.92. The van der Waals surface area contributed by atoms with E-state index in [4.69, 9.17) is 13.7 Å². The molecule has 9 heteroatoms. The quantitative estimate of drug-likeness (QED) is 0.195. The lowest BCUT2D eigenvalue weighted by Crippen LogP contribution is -2.15. The molecule has 0 bridgehead atoms. The molecule has 1 atom stereocenters. The maximum atomic E-state index is 13.6. The lowest BCUT2D eigenvalue weighted by molar-refractivity contribution is 0.0738. The summed E-state index contributed by atoms with van der Waals surface area (Å²) in [5, 5.41) is 3.87. The van der Waals surface area contributed by atoms with Crippen LogP contribution in [-0.2, 0) is 21.4 Å². The van der Waals surface area contributed by atoms with Crippen LogP contribution in [0.5, 0.6) is 0 Å². The van der Waals surface area contributed by atoms with Gasteiger partial charge in [0.15, 0.2) is 0 Å². The van der Waals surface area contributed by atoms with Crippen molar-refractivity contribution in [2.45, 2.75) is 37.9 Å². The summed E-state index contributed by atoms with van der Waals surface area (Å²) in [5.41, 5.74) is 6.38. The summed E-state index contributed by atoms with van der Waals surface area (Å²) in [6, 6.07) is 22.7. The number of nitrogens with one attached hydrogen (secondary N) is 1. The highest BCUT2D eigenvalue weighted by atomic mass is 32.2. The monoisotopic (exact) mass is 579 g/mol. The van der Waals surface area contributed by atoms with E-state index in [0.29, 0.717) is 22.7 Å². The van der Waals surface area contributed by atoms with Crippen LogP contribution in [0.1, 0.15) is 28.8 Å². The minimum absolute atomic E-state index is 0.0945. The number of sulfonamides is 1. The SMILES string of the molecule is Cc1noc(NS(=O)(=O)c2ccccc2-c2ccc(-c3ncco3)cc2COC2C=CC(c3ccccc3)=CC2)c1C. The molecule has 2 heterocycles. The third-order valence-corrected chi connectivity index (χ3v) is 8.65. The number of hydrogen-bond donors (Lipinski definition) is 1. The highest BCUT2D eigenvalue weighted by Crippen LogP contribution is 2.35. The van der Waals surface area contributed by atoms with Gasteiger partial charge in [-0.1, -0.05) is 78.0 Å². The number of aryl methyl sites for hydroxylation is 1. The third-order valence-electron chi connectivity index (χ3n) is 7.26. The van der Waals surface area contributed by atoms with Crippen molar-refractivity contribution in [3.05, 3.63) is 126 Å². The zero-order valence-electron chi connectivity index (χ0n) is 23.2. The van der Waals surface area contributed by atoms with Crippen LogP contribution in [0.15, 0.2) is 117 Å². The summed E-state index contributed by atoms with van der Waals surface area (Å²) in [7, 11) is -4.01. The Morgan fingerprint density at radius 3 is 2.50 bits per heavy atom. The number of benzene rings is 3. The van der Waals surface area contributed by atoms with Gasteiger partial charge in [0.1, 0.15) is 6.26 Å². The number of oxazole rings is 1. The van der Waals surface area contributed by atoms with Crippen molar-refractivity contribution in [2.24, 2.45) is 0 Å². The molecule has 0 radical (unpaired) electrons. The number of anilines is 1. The van der Waals surface area contributed by atoms with Gasteiger partial charge in [0.2, 0.25) is 11.8 Å². The zero-order valence-corrected chi connectivity index (χ0v) is 24.0. The number of nitrogens with zero attached hydrogens (tertiary/aromatic N) is 2. The van der Waals surface area contributed by atoms with Gasteiger partial charge >= 0.3 is 0 Å². The van der Waals surface area contributed by atoms with E-state index in [1.165, 1.54) is 6.26 Å². The van der Waals surface area contributed by atoms with Crippen LogP contribution in [0.3, 0.4) is 0 Å². The normalized spacial score (nSPS) is 15.0. The fourth-order valence-corrected chi connectivity index (χ4v) is 6.12.